The molecule has 8 heteroatoms. The summed E-state index contributed by atoms with van der Waals surface area (Å²) in [6, 6.07) is 7.19. The lowest BCUT2D eigenvalue weighted by Gasteiger charge is -2.16. The first-order valence-corrected chi connectivity index (χ1v) is 8.52. The highest BCUT2D eigenvalue weighted by Crippen LogP contribution is 2.24. The average molecular weight is 364 g/mol. The maximum Gasteiger partial charge on any atom is 0.280 e. The molecule has 25 heavy (non-hydrogen) atoms. The fraction of sp³-hybridized carbons (Fsp3) is 0.294. The molecule has 0 saturated carbocycles. The standard InChI is InChI=1S/C17H21N3O4S/c1-20(9-11-4-5-12(23-2)8-14(11)24-3)10-15(21)19-17-13(16(18)22)6-7-25-17/h4-8H,9-10H2,1-3H3,(H2,18,22)(H,19,21)/p+1. The van der Waals surface area contributed by atoms with E-state index in [1.807, 2.05) is 25.2 Å². The van der Waals surface area contributed by atoms with Crippen molar-refractivity contribution in [1.29, 1.82) is 0 Å². The van der Waals surface area contributed by atoms with Gasteiger partial charge in [-0.3, -0.25) is 9.59 Å². The van der Waals surface area contributed by atoms with Crippen LogP contribution in [-0.4, -0.2) is 39.6 Å². The van der Waals surface area contributed by atoms with E-state index in [2.05, 4.69) is 5.32 Å². The van der Waals surface area contributed by atoms with Crippen molar-refractivity contribution in [3.05, 3.63) is 40.8 Å². The minimum atomic E-state index is -0.555. The topological polar surface area (TPSA) is 95.1 Å². The molecule has 0 aliphatic rings. The van der Waals surface area contributed by atoms with Gasteiger partial charge < -0.3 is 25.4 Å². The van der Waals surface area contributed by atoms with Crippen LogP contribution in [-0.2, 0) is 11.3 Å². The number of anilines is 1. The van der Waals surface area contributed by atoms with Crippen molar-refractivity contribution in [2.75, 3.05) is 33.1 Å². The van der Waals surface area contributed by atoms with E-state index in [1.54, 1.807) is 25.7 Å². The van der Waals surface area contributed by atoms with Crippen molar-refractivity contribution in [3.63, 3.8) is 0 Å². The summed E-state index contributed by atoms with van der Waals surface area (Å²) in [5, 5.41) is 4.94. The van der Waals surface area contributed by atoms with Crippen LogP contribution in [0.5, 0.6) is 11.5 Å². The van der Waals surface area contributed by atoms with Crippen LogP contribution in [0.1, 0.15) is 15.9 Å². The van der Waals surface area contributed by atoms with Crippen molar-refractivity contribution in [3.8, 4) is 11.5 Å². The van der Waals surface area contributed by atoms with Gasteiger partial charge >= 0.3 is 0 Å². The average Bonchev–Trinajstić information content (AvgIpc) is 3.03. The number of benzene rings is 1. The van der Waals surface area contributed by atoms with Gasteiger partial charge in [-0.2, -0.15) is 0 Å². The fourth-order valence-electron chi connectivity index (χ4n) is 2.43. The molecule has 0 fully saturated rings. The van der Waals surface area contributed by atoms with Crippen LogP contribution < -0.4 is 25.4 Å². The second kappa shape index (κ2) is 8.50. The van der Waals surface area contributed by atoms with Crippen LogP contribution in [0.4, 0.5) is 5.00 Å². The Bertz CT molecular complexity index is 760. The summed E-state index contributed by atoms with van der Waals surface area (Å²) in [6.45, 7) is 0.846. The summed E-state index contributed by atoms with van der Waals surface area (Å²) < 4.78 is 10.6. The fourth-order valence-corrected chi connectivity index (χ4v) is 3.24. The quantitative estimate of drug-likeness (QED) is 0.636. The number of nitrogens with two attached hydrogens (primary N) is 1. The molecule has 1 aromatic carbocycles. The molecular formula is C17H22N3O4S+. The number of primary amides is 1. The van der Waals surface area contributed by atoms with Gasteiger partial charge in [0.2, 0.25) is 0 Å². The predicted octanol–water partition coefficient (Wildman–Crippen LogP) is 0.518. The molecule has 7 nitrogen and oxygen atoms in total. The number of nitrogens with one attached hydrogen (secondary N) is 2. The van der Waals surface area contributed by atoms with Crippen molar-refractivity contribution in [2.24, 2.45) is 5.73 Å². The van der Waals surface area contributed by atoms with Crippen LogP contribution in [0, 0.1) is 0 Å². The van der Waals surface area contributed by atoms with Gasteiger partial charge in [0.05, 0.1) is 26.8 Å². The summed E-state index contributed by atoms with van der Waals surface area (Å²) >= 11 is 1.27. The summed E-state index contributed by atoms with van der Waals surface area (Å²) in [5.41, 5.74) is 6.58. The van der Waals surface area contributed by atoms with E-state index in [0.717, 1.165) is 10.5 Å². The Hall–Kier alpha value is -2.58. The van der Waals surface area contributed by atoms with Crippen molar-refractivity contribution in [1.82, 2.24) is 0 Å². The molecular weight excluding hydrogens is 342 g/mol. The second-order valence-electron chi connectivity index (χ2n) is 5.56. The molecule has 0 radical (unpaired) electrons. The Morgan fingerprint density at radius 2 is 2.00 bits per heavy atom. The van der Waals surface area contributed by atoms with Gasteiger partial charge in [-0.1, -0.05) is 0 Å². The number of rotatable bonds is 8. The number of ether oxygens (including phenoxy) is 2. The zero-order valence-corrected chi connectivity index (χ0v) is 15.2. The van der Waals surface area contributed by atoms with Crippen LogP contribution in [0.2, 0.25) is 0 Å². The first-order valence-electron chi connectivity index (χ1n) is 7.64. The Balaban J connectivity index is 1.98. The van der Waals surface area contributed by atoms with Crippen LogP contribution in [0.3, 0.4) is 0 Å². The highest BCUT2D eigenvalue weighted by Gasteiger charge is 2.17. The van der Waals surface area contributed by atoms with Gasteiger partial charge in [0.15, 0.2) is 6.54 Å². The van der Waals surface area contributed by atoms with E-state index in [0.29, 0.717) is 28.6 Å². The Morgan fingerprint density at radius 1 is 1.24 bits per heavy atom. The lowest BCUT2D eigenvalue weighted by Crippen LogP contribution is -3.08. The SMILES string of the molecule is COc1ccc(C[NH+](C)CC(=O)Nc2sccc2C(N)=O)c(OC)c1. The second-order valence-corrected chi connectivity index (χ2v) is 6.48. The molecule has 2 aromatic rings. The monoisotopic (exact) mass is 364 g/mol. The molecule has 0 bridgehead atoms. The zero-order valence-electron chi connectivity index (χ0n) is 14.4. The van der Waals surface area contributed by atoms with E-state index in [1.165, 1.54) is 11.3 Å². The highest BCUT2D eigenvalue weighted by atomic mass is 32.1. The Morgan fingerprint density at radius 3 is 2.64 bits per heavy atom. The van der Waals surface area contributed by atoms with Gasteiger partial charge in [-0.25, -0.2) is 0 Å². The lowest BCUT2D eigenvalue weighted by molar-refractivity contribution is -0.885. The molecule has 1 aromatic heterocycles. The summed E-state index contributed by atoms with van der Waals surface area (Å²) in [7, 11) is 5.11. The number of quaternary nitrogens is 1. The molecule has 0 aliphatic heterocycles. The molecule has 0 saturated heterocycles. The molecule has 4 N–H and O–H groups in total. The third-order valence-corrected chi connectivity index (χ3v) is 4.46. The molecule has 134 valence electrons. The van der Waals surface area contributed by atoms with E-state index >= 15 is 0 Å². The number of methoxy groups -OCH3 is 2. The number of hydrogen-bond acceptors (Lipinski definition) is 5. The van der Waals surface area contributed by atoms with Crippen molar-refractivity contribution >= 4 is 28.2 Å². The van der Waals surface area contributed by atoms with Crippen molar-refractivity contribution < 1.29 is 24.0 Å². The van der Waals surface area contributed by atoms with Crippen LogP contribution >= 0.6 is 11.3 Å². The largest absolute Gasteiger partial charge is 0.497 e. The molecule has 1 atom stereocenters. The summed E-state index contributed by atoms with van der Waals surface area (Å²) in [6.07, 6.45) is 0. The number of thiophene rings is 1. The molecule has 1 heterocycles. The van der Waals surface area contributed by atoms with E-state index in [4.69, 9.17) is 15.2 Å². The Labute approximate surface area is 150 Å². The number of carbonyl (C=O) groups excluding carboxylic acids is 2. The third-order valence-electron chi connectivity index (χ3n) is 3.63. The van der Waals surface area contributed by atoms with Gasteiger partial charge in [0, 0.05) is 11.6 Å². The smallest absolute Gasteiger partial charge is 0.280 e. The van der Waals surface area contributed by atoms with Gasteiger partial charge in [0.25, 0.3) is 11.8 Å². The molecule has 0 spiro atoms. The minimum Gasteiger partial charge on any atom is -0.497 e. The van der Waals surface area contributed by atoms with Crippen molar-refractivity contribution in [2.45, 2.75) is 6.54 Å². The molecule has 2 amide bonds. The van der Waals surface area contributed by atoms with Gasteiger partial charge in [-0.05, 0) is 23.6 Å². The normalized spacial score (nSPS) is 11.6. The number of carbonyl (C=O) groups is 2. The number of amides is 2. The molecule has 0 aliphatic carbocycles. The van der Waals surface area contributed by atoms with E-state index in [-0.39, 0.29) is 12.5 Å². The van der Waals surface area contributed by atoms with Crippen LogP contribution in [0.25, 0.3) is 0 Å². The first-order chi connectivity index (χ1) is 11.9. The highest BCUT2D eigenvalue weighted by molar-refractivity contribution is 7.14. The Kier molecular flexibility index (Phi) is 6.37. The van der Waals surface area contributed by atoms with E-state index in [9.17, 15) is 9.59 Å². The number of hydrogen-bond donors (Lipinski definition) is 3. The van der Waals surface area contributed by atoms with Crippen LogP contribution in [0.15, 0.2) is 29.6 Å². The van der Waals surface area contributed by atoms with E-state index < -0.39 is 5.91 Å². The molecule has 2 rings (SSSR count). The van der Waals surface area contributed by atoms with Gasteiger partial charge in [0.1, 0.15) is 23.0 Å². The minimum absolute atomic E-state index is 0.185. The maximum atomic E-state index is 12.2. The first kappa shape index (κ1) is 18.8. The third kappa shape index (κ3) is 4.94. The lowest BCUT2D eigenvalue weighted by atomic mass is 10.2. The van der Waals surface area contributed by atoms with Gasteiger partial charge in [-0.15, -0.1) is 11.3 Å². The zero-order chi connectivity index (χ0) is 18.4. The maximum absolute atomic E-state index is 12.2. The summed E-state index contributed by atoms with van der Waals surface area (Å²) in [4.78, 5) is 24.5. The predicted molar refractivity (Wildman–Crippen MR) is 96.5 cm³/mol. The number of likely N-dealkylation sites (N-methyl/N-ethyl adjacent to an activating group) is 1. The molecule has 1 unspecified atom stereocenters. The summed E-state index contributed by atoms with van der Waals surface area (Å²) in [5.74, 6) is 0.691.